The number of pyridine rings is 1. The normalized spacial score (nSPS) is 15.2. The number of carbonyl (C=O) groups excluding carboxylic acids is 1. The van der Waals surface area contributed by atoms with Gasteiger partial charge >= 0.3 is 5.97 Å². The Kier molecular flexibility index (Phi) is 6.37. The zero-order chi connectivity index (χ0) is 28.0. The lowest BCUT2D eigenvalue weighted by Gasteiger charge is -2.27. The van der Waals surface area contributed by atoms with Crippen LogP contribution in [0.4, 0.5) is 4.39 Å². The molecule has 5 heterocycles. The summed E-state index contributed by atoms with van der Waals surface area (Å²) in [7, 11) is 0. The first-order valence-corrected chi connectivity index (χ1v) is 13.2. The first-order valence-electron chi connectivity index (χ1n) is 13.2. The van der Waals surface area contributed by atoms with Crippen LogP contribution in [-0.4, -0.2) is 52.6 Å². The van der Waals surface area contributed by atoms with Gasteiger partial charge in [0.25, 0.3) is 5.91 Å². The molecule has 40 heavy (non-hydrogen) atoms. The lowest BCUT2D eigenvalue weighted by Crippen LogP contribution is -2.34. The summed E-state index contributed by atoms with van der Waals surface area (Å²) in [5.74, 6) is -1.71. The number of hydrogen-bond acceptors (Lipinski definition) is 5. The molecule has 1 unspecified atom stereocenters. The van der Waals surface area contributed by atoms with E-state index in [2.05, 4.69) is 25.7 Å². The number of carbonyl (C=O) groups is 2. The number of aromatic carboxylic acids is 1. The monoisotopic (exact) mass is 538 g/mol. The van der Waals surface area contributed by atoms with E-state index in [1.54, 1.807) is 34.8 Å². The van der Waals surface area contributed by atoms with Crippen molar-refractivity contribution in [3.8, 4) is 22.5 Å². The molecule has 0 saturated heterocycles. The van der Waals surface area contributed by atoms with E-state index in [0.717, 1.165) is 24.4 Å². The molecule has 5 aromatic rings. The number of halogens is 1. The van der Waals surface area contributed by atoms with Gasteiger partial charge in [0.1, 0.15) is 11.5 Å². The fraction of sp³-hybridized carbons (Fsp3) is 0.233. The second kappa shape index (κ2) is 10.0. The molecule has 1 atom stereocenters. The van der Waals surface area contributed by atoms with Crippen molar-refractivity contribution < 1.29 is 19.1 Å². The fourth-order valence-electron chi connectivity index (χ4n) is 5.30. The quantitative estimate of drug-likeness (QED) is 0.327. The molecular formula is C30H27FN6O3. The summed E-state index contributed by atoms with van der Waals surface area (Å²) in [6, 6.07) is 15.1. The highest BCUT2D eigenvalue weighted by atomic mass is 19.1. The zero-order valence-corrected chi connectivity index (χ0v) is 22.1. The van der Waals surface area contributed by atoms with Gasteiger partial charge < -0.3 is 14.6 Å². The number of amides is 1. The van der Waals surface area contributed by atoms with Crippen molar-refractivity contribution in [2.24, 2.45) is 0 Å². The molecule has 0 spiro atoms. The lowest BCUT2D eigenvalue weighted by molar-refractivity contribution is 0.0682. The third-order valence-corrected chi connectivity index (χ3v) is 7.45. The number of carboxylic acid groups (broad SMARTS) is 1. The van der Waals surface area contributed by atoms with Crippen LogP contribution in [0.3, 0.4) is 0 Å². The average Bonchev–Trinajstić information content (AvgIpc) is 3.58. The van der Waals surface area contributed by atoms with Crippen LogP contribution >= 0.6 is 0 Å². The van der Waals surface area contributed by atoms with Crippen LogP contribution in [0.2, 0.25) is 0 Å². The van der Waals surface area contributed by atoms with E-state index in [-0.39, 0.29) is 23.1 Å². The predicted octanol–water partition coefficient (Wildman–Crippen LogP) is 5.27. The Morgan fingerprint density at radius 1 is 1.07 bits per heavy atom. The van der Waals surface area contributed by atoms with Gasteiger partial charge in [-0.05, 0) is 62.2 Å². The van der Waals surface area contributed by atoms with Crippen molar-refractivity contribution in [1.82, 2.24) is 29.0 Å². The predicted molar refractivity (Wildman–Crippen MR) is 146 cm³/mol. The minimum Gasteiger partial charge on any atom is -0.478 e. The molecule has 202 valence electrons. The third-order valence-electron chi connectivity index (χ3n) is 7.45. The summed E-state index contributed by atoms with van der Waals surface area (Å²) in [4.78, 5) is 35.4. The standard InChI is InChI=1S/C30H27FN6O3/c1-3-21-15-26(29(38)36-13-5-12-35-11-4-6-27(35)18(36)2)33-28-16-25(34-37(21)28)22-9-7-19(14-23(22)31)24-10-8-20(17-32-24)30(39)40/h4,6-11,14-18H,3,5,12-13H2,1-2H3,(H,39,40). The van der Waals surface area contributed by atoms with Gasteiger partial charge in [-0.15, -0.1) is 0 Å². The number of rotatable bonds is 5. The minimum absolute atomic E-state index is 0.0579. The highest BCUT2D eigenvalue weighted by Gasteiger charge is 2.28. The molecule has 0 saturated carbocycles. The maximum absolute atomic E-state index is 15.3. The van der Waals surface area contributed by atoms with Crippen LogP contribution < -0.4 is 0 Å². The minimum atomic E-state index is -1.08. The highest BCUT2D eigenvalue weighted by Crippen LogP contribution is 2.29. The molecule has 0 aliphatic carbocycles. The maximum Gasteiger partial charge on any atom is 0.337 e. The van der Waals surface area contributed by atoms with Crippen LogP contribution in [0.15, 0.2) is 67.0 Å². The molecule has 1 aliphatic heterocycles. The van der Waals surface area contributed by atoms with Crippen LogP contribution in [0.25, 0.3) is 28.2 Å². The molecule has 0 fully saturated rings. The van der Waals surface area contributed by atoms with Crippen molar-refractivity contribution in [3.63, 3.8) is 0 Å². The summed E-state index contributed by atoms with van der Waals surface area (Å²) in [6.07, 6.45) is 4.75. The molecule has 1 aliphatic rings. The van der Waals surface area contributed by atoms with E-state index in [1.807, 2.05) is 31.0 Å². The fourth-order valence-corrected chi connectivity index (χ4v) is 5.30. The largest absolute Gasteiger partial charge is 0.478 e. The van der Waals surface area contributed by atoms with Crippen molar-refractivity contribution >= 4 is 17.5 Å². The molecule has 1 N–H and O–H groups in total. The van der Waals surface area contributed by atoms with Gasteiger partial charge in [-0.1, -0.05) is 13.0 Å². The van der Waals surface area contributed by atoms with Crippen LogP contribution in [0.1, 0.15) is 58.5 Å². The van der Waals surface area contributed by atoms with Gasteiger partial charge in [0.2, 0.25) is 0 Å². The average molecular weight is 539 g/mol. The van der Waals surface area contributed by atoms with E-state index < -0.39 is 11.8 Å². The van der Waals surface area contributed by atoms with E-state index in [9.17, 15) is 9.59 Å². The van der Waals surface area contributed by atoms with Crippen molar-refractivity contribution in [1.29, 1.82) is 0 Å². The van der Waals surface area contributed by atoms with E-state index in [1.165, 1.54) is 18.3 Å². The Hall–Kier alpha value is -4.86. The van der Waals surface area contributed by atoms with Crippen molar-refractivity contribution in [2.45, 2.75) is 39.3 Å². The smallest absolute Gasteiger partial charge is 0.337 e. The number of hydrogen-bond donors (Lipinski definition) is 1. The van der Waals surface area contributed by atoms with Crippen LogP contribution in [0.5, 0.6) is 0 Å². The zero-order valence-electron chi connectivity index (χ0n) is 22.1. The second-order valence-corrected chi connectivity index (χ2v) is 9.87. The summed E-state index contributed by atoms with van der Waals surface area (Å²) in [5.41, 5.74) is 4.42. The Morgan fingerprint density at radius 2 is 1.93 bits per heavy atom. The Morgan fingerprint density at radius 3 is 2.65 bits per heavy atom. The van der Waals surface area contributed by atoms with E-state index >= 15 is 4.39 Å². The summed E-state index contributed by atoms with van der Waals surface area (Å²) in [6.45, 7) is 5.51. The Bertz CT molecular complexity index is 1760. The van der Waals surface area contributed by atoms with Gasteiger partial charge in [0.05, 0.1) is 23.0 Å². The number of benzene rings is 1. The number of fused-ring (bicyclic) bond motifs is 2. The molecule has 0 radical (unpaired) electrons. The SMILES string of the molecule is CCc1cc(C(=O)N2CCCn3cccc3C2C)nc2cc(-c3ccc(-c4ccc(C(=O)O)cn4)cc3F)nn12. The summed E-state index contributed by atoms with van der Waals surface area (Å²) in [5, 5.41) is 13.7. The molecule has 10 heteroatoms. The number of aromatic nitrogens is 5. The Labute approximate surface area is 229 Å². The first-order chi connectivity index (χ1) is 19.3. The molecule has 9 nitrogen and oxygen atoms in total. The third kappa shape index (κ3) is 4.41. The molecule has 4 aromatic heterocycles. The van der Waals surface area contributed by atoms with Gasteiger partial charge in [0, 0.05) is 54.1 Å². The molecule has 1 aromatic carbocycles. The van der Waals surface area contributed by atoms with E-state index in [4.69, 9.17) is 5.11 Å². The lowest BCUT2D eigenvalue weighted by atomic mass is 10.1. The molecule has 1 amide bonds. The molecule has 0 bridgehead atoms. The first kappa shape index (κ1) is 25.4. The van der Waals surface area contributed by atoms with Gasteiger partial charge in [-0.2, -0.15) is 5.10 Å². The van der Waals surface area contributed by atoms with Crippen LogP contribution in [0, 0.1) is 5.82 Å². The summed E-state index contributed by atoms with van der Waals surface area (Å²) >= 11 is 0. The van der Waals surface area contributed by atoms with Gasteiger partial charge in [-0.25, -0.2) is 18.7 Å². The molecule has 6 rings (SSSR count). The number of aryl methyl sites for hydroxylation is 2. The van der Waals surface area contributed by atoms with Crippen molar-refractivity contribution in [2.75, 3.05) is 6.54 Å². The van der Waals surface area contributed by atoms with E-state index in [0.29, 0.717) is 41.3 Å². The maximum atomic E-state index is 15.3. The Balaban J connectivity index is 1.33. The molecular weight excluding hydrogens is 511 g/mol. The topological polar surface area (TPSA) is 106 Å². The van der Waals surface area contributed by atoms with Gasteiger partial charge in [0.15, 0.2) is 5.65 Å². The second-order valence-electron chi connectivity index (χ2n) is 9.87. The van der Waals surface area contributed by atoms with Gasteiger partial charge in [-0.3, -0.25) is 9.78 Å². The summed E-state index contributed by atoms with van der Waals surface area (Å²) < 4.78 is 19.2. The number of nitrogens with zero attached hydrogens (tertiary/aromatic N) is 6. The van der Waals surface area contributed by atoms with Crippen molar-refractivity contribution in [3.05, 3.63) is 95.5 Å². The number of carboxylic acids is 1. The van der Waals surface area contributed by atoms with Crippen LogP contribution in [-0.2, 0) is 13.0 Å². The highest BCUT2D eigenvalue weighted by molar-refractivity contribution is 5.93.